The van der Waals surface area contributed by atoms with Crippen molar-refractivity contribution >= 4 is 16.6 Å². The standard InChI is InChI=1S/C16H15FO3S/c1-12(18)13-6-2-4-8-15(13)20-10-11-21(19)16-9-5-3-7-14(16)17/h2-9H,10-11H2,1H3. The summed E-state index contributed by atoms with van der Waals surface area (Å²) in [5.41, 5.74) is 0.481. The van der Waals surface area contributed by atoms with Crippen molar-refractivity contribution in [1.82, 2.24) is 0 Å². The van der Waals surface area contributed by atoms with Crippen LogP contribution in [0.1, 0.15) is 17.3 Å². The highest BCUT2D eigenvalue weighted by molar-refractivity contribution is 7.85. The lowest BCUT2D eigenvalue weighted by molar-refractivity contribution is 0.101. The highest BCUT2D eigenvalue weighted by atomic mass is 32.2. The van der Waals surface area contributed by atoms with E-state index in [-0.39, 0.29) is 23.0 Å². The summed E-state index contributed by atoms with van der Waals surface area (Å²) in [4.78, 5) is 11.6. The monoisotopic (exact) mass is 306 g/mol. The van der Waals surface area contributed by atoms with Crippen LogP contribution >= 0.6 is 0 Å². The highest BCUT2D eigenvalue weighted by Crippen LogP contribution is 2.18. The molecule has 0 saturated carbocycles. The number of hydrogen-bond acceptors (Lipinski definition) is 3. The van der Waals surface area contributed by atoms with E-state index in [0.29, 0.717) is 11.3 Å². The first-order chi connectivity index (χ1) is 10.1. The zero-order chi connectivity index (χ0) is 15.2. The lowest BCUT2D eigenvalue weighted by Crippen LogP contribution is -2.11. The molecule has 0 saturated heterocycles. The van der Waals surface area contributed by atoms with Crippen LogP contribution in [-0.2, 0) is 10.8 Å². The first kappa shape index (κ1) is 15.4. The molecular weight excluding hydrogens is 291 g/mol. The second kappa shape index (κ2) is 7.13. The molecular formula is C16H15FO3S. The number of halogens is 1. The van der Waals surface area contributed by atoms with Gasteiger partial charge >= 0.3 is 0 Å². The summed E-state index contributed by atoms with van der Waals surface area (Å²) in [6, 6.07) is 12.8. The van der Waals surface area contributed by atoms with Crippen LogP contribution < -0.4 is 4.74 Å². The summed E-state index contributed by atoms with van der Waals surface area (Å²) in [7, 11) is -1.47. The molecule has 0 heterocycles. The van der Waals surface area contributed by atoms with Gasteiger partial charge in [-0.2, -0.15) is 0 Å². The van der Waals surface area contributed by atoms with Gasteiger partial charge in [-0.25, -0.2) is 4.39 Å². The number of para-hydroxylation sites is 1. The Morgan fingerprint density at radius 3 is 2.52 bits per heavy atom. The van der Waals surface area contributed by atoms with E-state index in [4.69, 9.17) is 4.74 Å². The molecule has 0 bridgehead atoms. The fourth-order valence-corrected chi connectivity index (χ4v) is 2.82. The predicted octanol–water partition coefficient (Wildman–Crippen LogP) is 3.21. The van der Waals surface area contributed by atoms with E-state index in [9.17, 15) is 13.4 Å². The summed E-state index contributed by atoms with van der Waals surface area (Å²) in [6.07, 6.45) is 0. The SMILES string of the molecule is CC(=O)c1ccccc1OCCS(=O)c1ccccc1F. The number of carbonyl (C=O) groups is 1. The maximum Gasteiger partial charge on any atom is 0.163 e. The Kier molecular flexibility index (Phi) is 5.22. The number of rotatable bonds is 6. The van der Waals surface area contributed by atoms with Gasteiger partial charge in [0.05, 0.1) is 27.0 Å². The van der Waals surface area contributed by atoms with Crippen molar-refractivity contribution in [3.8, 4) is 5.75 Å². The molecule has 21 heavy (non-hydrogen) atoms. The molecule has 0 aliphatic heterocycles. The lowest BCUT2D eigenvalue weighted by atomic mass is 10.1. The molecule has 0 radical (unpaired) electrons. The third-order valence-electron chi connectivity index (χ3n) is 2.87. The van der Waals surface area contributed by atoms with Gasteiger partial charge in [-0.15, -0.1) is 0 Å². The minimum absolute atomic E-state index is 0.0965. The summed E-state index contributed by atoms with van der Waals surface area (Å²) in [5.74, 6) is 0.0315. The van der Waals surface area contributed by atoms with Crippen molar-refractivity contribution < 1.29 is 18.1 Å². The first-order valence-corrected chi connectivity index (χ1v) is 7.77. The summed E-state index contributed by atoms with van der Waals surface area (Å²) < 4.78 is 31.0. The highest BCUT2D eigenvalue weighted by Gasteiger charge is 2.11. The second-order valence-electron chi connectivity index (χ2n) is 4.38. The molecule has 1 unspecified atom stereocenters. The Balaban J connectivity index is 1.98. The molecule has 2 aromatic carbocycles. The van der Waals surface area contributed by atoms with Gasteiger partial charge < -0.3 is 4.74 Å². The van der Waals surface area contributed by atoms with Crippen LogP contribution in [0.5, 0.6) is 5.75 Å². The molecule has 2 rings (SSSR count). The van der Waals surface area contributed by atoms with Gasteiger partial charge in [0.2, 0.25) is 0 Å². The Bertz CT molecular complexity index is 670. The Hall–Kier alpha value is -2.01. The van der Waals surface area contributed by atoms with Gasteiger partial charge in [0.25, 0.3) is 0 Å². The van der Waals surface area contributed by atoms with Crippen LogP contribution in [0.4, 0.5) is 4.39 Å². The molecule has 110 valence electrons. The van der Waals surface area contributed by atoms with Crippen LogP contribution in [0.25, 0.3) is 0 Å². The Labute approximate surface area is 125 Å². The van der Waals surface area contributed by atoms with Crippen molar-refractivity contribution in [3.05, 3.63) is 59.9 Å². The Morgan fingerprint density at radius 1 is 1.14 bits per heavy atom. The molecule has 0 aliphatic carbocycles. The lowest BCUT2D eigenvalue weighted by Gasteiger charge is -2.09. The van der Waals surface area contributed by atoms with Crippen molar-refractivity contribution in [2.24, 2.45) is 0 Å². The topological polar surface area (TPSA) is 43.4 Å². The normalized spacial score (nSPS) is 11.9. The Morgan fingerprint density at radius 2 is 1.81 bits per heavy atom. The van der Waals surface area contributed by atoms with Crippen LogP contribution in [0.3, 0.4) is 0 Å². The average Bonchev–Trinajstić information content (AvgIpc) is 2.48. The van der Waals surface area contributed by atoms with Gasteiger partial charge in [-0.1, -0.05) is 24.3 Å². The fourth-order valence-electron chi connectivity index (χ4n) is 1.85. The fraction of sp³-hybridized carbons (Fsp3) is 0.188. The van der Waals surface area contributed by atoms with Crippen molar-refractivity contribution in [1.29, 1.82) is 0 Å². The van der Waals surface area contributed by atoms with E-state index >= 15 is 0 Å². The number of carbonyl (C=O) groups excluding carboxylic acids is 1. The summed E-state index contributed by atoms with van der Waals surface area (Å²) in [5, 5.41) is 0. The quantitative estimate of drug-likeness (QED) is 0.770. The van der Waals surface area contributed by atoms with Gasteiger partial charge in [-0.3, -0.25) is 9.00 Å². The van der Waals surface area contributed by atoms with E-state index in [1.165, 1.54) is 19.1 Å². The van der Waals surface area contributed by atoms with Gasteiger partial charge in [-0.05, 0) is 31.2 Å². The average molecular weight is 306 g/mol. The molecule has 0 aliphatic rings. The van der Waals surface area contributed by atoms with Gasteiger partial charge in [0, 0.05) is 0 Å². The molecule has 0 aromatic heterocycles. The van der Waals surface area contributed by atoms with E-state index in [1.54, 1.807) is 36.4 Å². The second-order valence-corrected chi connectivity index (χ2v) is 5.92. The van der Waals surface area contributed by atoms with Gasteiger partial charge in [0.15, 0.2) is 5.78 Å². The number of hydrogen-bond donors (Lipinski definition) is 0. The smallest absolute Gasteiger partial charge is 0.163 e. The summed E-state index contributed by atoms with van der Waals surface area (Å²) >= 11 is 0. The van der Waals surface area contributed by atoms with E-state index in [2.05, 4.69) is 0 Å². The predicted molar refractivity (Wildman–Crippen MR) is 79.6 cm³/mol. The zero-order valence-corrected chi connectivity index (χ0v) is 12.4. The molecule has 1 atom stereocenters. The maximum absolute atomic E-state index is 13.5. The summed E-state index contributed by atoms with van der Waals surface area (Å²) in [6.45, 7) is 1.60. The number of Topliss-reactive ketones (excluding diaryl/α,β-unsaturated/α-hetero) is 1. The molecule has 2 aromatic rings. The minimum atomic E-state index is -1.47. The van der Waals surface area contributed by atoms with Crippen molar-refractivity contribution in [2.45, 2.75) is 11.8 Å². The van der Waals surface area contributed by atoms with Crippen molar-refractivity contribution in [3.63, 3.8) is 0 Å². The zero-order valence-electron chi connectivity index (χ0n) is 11.5. The van der Waals surface area contributed by atoms with Crippen LogP contribution in [0.15, 0.2) is 53.4 Å². The number of ketones is 1. The minimum Gasteiger partial charge on any atom is -0.492 e. The van der Waals surface area contributed by atoms with Gasteiger partial charge in [0.1, 0.15) is 18.2 Å². The van der Waals surface area contributed by atoms with Crippen LogP contribution in [0, 0.1) is 5.82 Å². The van der Waals surface area contributed by atoms with E-state index in [0.717, 1.165) is 0 Å². The third kappa shape index (κ3) is 3.98. The third-order valence-corrected chi connectivity index (χ3v) is 4.23. The largest absolute Gasteiger partial charge is 0.492 e. The van der Waals surface area contributed by atoms with Crippen LogP contribution in [0.2, 0.25) is 0 Å². The molecule has 5 heteroatoms. The number of benzene rings is 2. The molecule has 0 spiro atoms. The molecule has 0 fully saturated rings. The maximum atomic E-state index is 13.5. The molecule has 0 N–H and O–H groups in total. The van der Waals surface area contributed by atoms with E-state index in [1.807, 2.05) is 0 Å². The number of ether oxygens (including phenoxy) is 1. The molecule has 0 amide bonds. The van der Waals surface area contributed by atoms with E-state index < -0.39 is 16.6 Å². The molecule has 3 nitrogen and oxygen atoms in total. The van der Waals surface area contributed by atoms with Crippen LogP contribution in [-0.4, -0.2) is 22.4 Å². The first-order valence-electron chi connectivity index (χ1n) is 6.45. The van der Waals surface area contributed by atoms with Crippen molar-refractivity contribution in [2.75, 3.05) is 12.4 Å².